The molecule has 1 atom stereocenters. The molecular weight excluding hydrogens is 214 g/mol. The van der Waals surface area contributed by atoms with Gasteiger partial charge in [-0.3, -0.25) is 4.98 Å². The highest BCUT2D eigenvalue weighted by atomic mass is 35.5. The van der Waals surface area contributed by atoms with E-state index < -0.39 is 0 Å². The van der Waals surface area contributed by atoms with Gasteiger partial charge in [-0.1, -0.05) is 18.0 Å². The van der Waals surface area contributed by atoms with Crippen molar-refractivity contribution in [3.05, 3.63) is 17.5 Å². The van der Waals surface area contributed by atoms with Crippen molar-refractivity contribution in [3.63, 3.8) is 0 Å². The van der Waals surface area contributed by atoms with E-state index in [-0.39, 0.29) is 0 Å². The SMILES string of the molecule is Clc1cncc(OCC2CCCCN2)n1. The van der Waals surface area contributed by atoms with Gasteiger partial charge in [-0.2, -0.15) is 4.98 Å². The van der Waals surface area contributed by atoms with Gasteiger partial charge in [0.1, 0.15) is 6.61 Å². The van der Waals surface area contributed by atoms with E-state index in [9.17, 15) is 0 Å². The molecule has 2 rings (SSSR count). The second-order valence-corrected chi connectivity index (χ2v) is 4.03. The first kappa shape index (κ1) is 10.6. The van der Waals surface area contributed by atoms with E-state index in [0.29, 0.717) is 23.7 Å². The first-order valence-electron chi connectivity index (χ1n) is 5.18. The second kappa shape index (κ2) is 5.28. The third-order valence-corrected chi connectivity index (χ3v) is 2.61. The number of nitrogens with zero attached hydrogens (tertiary/aromatic N) is 2. The van der Waals surface area contributed by atoms with Gasteiger partial charge in [-0.25, -0.2) is 0 Å². The molecule has 5 heteroatoms. The average Bonchev–Trinajstić information content (AvgIpc) is 2.28. The molecular formula is C10H14ClN3O. The van der Waals surface area contributed by atoms with Crippen LogP contribution in [0.5, 0.6) is 5.88 Å². The van der Waals surface area contributed by atoms with Crippen molar-refractivity contribution in [1.82, 2.24) is 15.3 Å². The van der Waals surface area contributed by atoms with Gasteiger partial charge in [0.15, 0.2) is 5.15 Å². The van der Waals surface area contributed by atoms with Crippen LogP contribution in [0.3, 0.4) is 0 Å². The highest BCUT2D eigenvalue weighted by Gasteiger charge is 2.13. The molecule has 0 aromatic carbocycles. The maximum atomic E-state index is 5.70. The summed E-state index contributed by atoms with van der Waals surface area (Å²) in [5, 5.41) is 3.76. The summed E-state index contributed by atoms with van der Waals surface area (Å²) in [5.41, 5.74) is 0. The summed E-state index contributed by atoms with van der Waals surface area (Å²) in [6.07, 6.45) is 6.76. The Balaban J connectivity index is 1.81. The van der Waals surface area contributed by atoms with Gasteiger partial charge in [-0.15, -0.1) is 0 Å². The fourth-order valence-corrected chi connectivity index (χ4v) is 1.79. The molecule has 15 heavy (non-hydrogen) atoms. The molecule has 0 amide bonds. The monoisotopic (exact) mass is 227 g/mol. The van der Waals surface area contributed by atoms with Crippen LogP contribution in [0.2, 0.25) is 5.15 Å². The van der Waals surface area contributed by atoms with Gasteiger partial charge in [0.05, 0.1) is 12.4 Å². The van der Waals surface area contributed by atoms with Crippen LogP contribution < -0.4 is 10.1 Å². The zero-order valence-corrected chi connectivity index (χ0v) is 9.20. The van der Waals surface area contributed by atoms with E-state index in [0.717, 1.165) is 13.0 Å². The van der Waals surface area contributed by atoms with Crippen LogP contribution in [-0.4, -0.2) is 29.2 Å². The van der Waals surface area contributed by atoms with E-state index in [1.807, 2.05) is 0 Å². The fraction of sp³-hybridized carbons (Fsp3) is 0.600. The van der Waals surface area contributed by atoms with Crippen molar-refractivity contribution in [3.8, 4) is 5.88 Å². The van der Waals surface area contributed by atoms with Crippen LogP contribution in [0.4, 0.5) is 0 Å². The Morgan fingerprint density at radius 1 is 1.47 bits per heavy atom. The van der Waals surface area contributed by atoms with Crippen molar-refractivity contribution in [1.29, 1.82) is 0 Å². The Kier molecular flexibility index (Phi) is 3.75. The minimum Gasteiger partial charge on any atom is -0.475 e. The molecule has 2 heterocycles. The van der Waals surface area contributed by atoms with Gasteiger partial charge in [0.2, 0.25) is 5.88 Å². The fourth-order valence-electron chi connectivity index (χ4n) is 1.65. The number of hydrogen-bond acceptors (Lipinski definition) is 4. The van der Waals surface area contributed by atoms with Crippen LogP contribution in [0.25, 0.3) is 0 Å². The molecule has 0 radical (unpaired) electrons. The quantitative estimate of drug-likeness (QED) is 0.853. The van der Waals surface area contributed by atoms with Gasteiger partial charge in [0.25, 0.3) is 0 Å². The molecule has 4 nitrogen and oxygen atoms in total. The smallest absolute Gasteiger partial charge is 0.233 e. The number of ether oxygens (including phenoxy) is 1. The molecule has 1 aromatic heterocycles. The minimum absolute atomic E-state index is 0.365. The lowest BCUT2D eigenvalue weighted by atomic mass is 10.1. The third-order valence-electron chi connectivity index (χ3n) is 2.43. The first-order chi connectivity index (χ1) is 7.34. The van der Waals surface area contributed by atoms with E-state index in [4.69, 9.17) is 16.3 Å². The van der Waals surface area contributed by atoms with Gasteiger partial charge in [-0.05, 0) is 19.4 Å². The summed E-state index contributed by atoms with van der Waals surface area (Å²) in [4.78, 5) is 7.92. The average molecular weight is 228 g/mol. The maximum Gasteiger partial charge on any atom is 0.233 e. The summed E-state index contributed by atoms with van der Waals surface area (Å²) in [6, 6.07) is 0.430. The Hall–Kier alpha value is -0.870. The lowest BCUT2D eigenvalue weighted by Crippen LogP contribution is -2.38. The Morgan fingerprint density at radius 2 is 2.40 bits per heavy atom. The molecule has 1 unspecified atom stereocenters. The molecule has 1 aromatic rings. The largest absolute Gasteiger partial charge is 0.475 e. The number of rotatable bonds is 3. The Morgan fingerprint density at radius 3 is 3.13 bits per heavy atom. The normalized spacial score (nSPS) is 21.3. The van der Waals surface area contributed by atoms with Crippen molar-refractivity contribution < 1.29 is 4.74 Å². The zero-order valence-electron chi connectivity index (χ0n) is 8.45. The van der Waals surface area contributed by atoms with Crippen LogP contribution in [0.15, 0.2) is 12.4 Å². The predicted octanol–water partition coefficient (Wildman–Crippen LogP) is 1.65. The molecule has 1 N–H and O–H groups in total. The van der Waals surface area contributed by atoms with Crippen LogP contribution in [0.1, 0.15) is 19.3 Å². The molecule has 1 aliphatic heterocycles. The van der Waals surface area contributed by atoms with E-state index >= 15 is 0 Å². The standard InChI is InChI=1S/C10H14ClN3O/c11-9-5-12-6-10(14-9)15-7-8-3-1-2-4-13-8/h5-6,8,13H,1-4,7H2. The molecule has 1 fully saturated rings. The van der Waals surface area contributed by atoms with Crippen LogP contribution in [0, 0.1) is 0 Å². The van der Waals surface area contributed by atoms with Crippen molar-refractivity contribution in [2.45, 2.75) is 25.3 Å². The number of piperidine rings is 1. The number of hydrogen-bond donors (Lipinski definition) is 1. The number of nitrogens with one attached hydrogen (secondary N) is 1. The van der Waals surface area contributed by atoms with Crippen molar-refractivity contribution in [2.75, 3.05) is 13.2 Å². The van der Waals surface area contributed by atoms with Crippen LogP contribution in [-0.2, 0) is 0 Å². The highest BCUT2D eigenvalue weighted by molar-refractivity contribution is 6.29. The van der Waals surface area contributed by atoms with Gasteiger partial charge in [0, 0.05) is 6.04 Å². The van der Waals surface area contributed by atoms with Crippen molar-refractivity contribution in [2.24, 2.45) is 0 Å². The molecule has 1 aliphatic rings. The van der Waals surface area contributed by atoms with E-state index in [1.165, 1.54) is 19.0 Å². The summed E-state index contributed by atoms with van der Waals surface area (Å²) in [6.45, 7) is 1.71. The highest BCUT2D eigenvalue weighted by Crippen LogP contribution is 2.11. The Labute approximate surface area is 94.0 Å². The van der Waals surface area contributed by atoms with E-state index in [2.05, 4.69) is 15.3 Å². The molecule has 0 aliphatic carbocycles. The predicted molar refractivity (Wildman–Crippen MR) is 58.2 cm³/mol. The minimum atomic E-state index is 0.365. The topological polar surface area (TPSA) is 47.0 Å². The van der Waals surface area contributed by atoms with Gasteiger partial charge < -0.3 is 10.1 Å². The molecule has 0 spiro atoms. The summed E-state index contributed by atoms with van der Waals surface area (Å²) >= 11 is 5.70. The zero-order chi connectivity index (χ0) is 10.5. The van der Waals surface area contributed by atoms with Crippen molar-refractivity contribution >= 4 is 11.6 Å². The summed E-state index contributed by atoms with van der Waals surface area (Å²) in [5.74, 6) is 0.495. The molecule has 0 saturated carbocycles. The second-order valence-electron chi connectivity index (χ2n) is 3.64. The maximum absolute atomic E-state index is 5.70. The lowest BCUT2D eigenvalue weighted by molar-refractivity contribution is 0.231. The van der Waals surface area contributed by atoms with E-state index in [1.54, 1.807) is 6.20 Å². The van der Waals surface area contributed by atoms with Gasteiger partial charge >= 0.3 is 0 Å². The summed E-state index contributed by atoms with van der Waals surface area (Å²) in [7, 11) is 0. The molecule has 1 saturated heterocycles. The molecule has 82 valence electrons. The third kappa shape index (κ3) is 3.32. The first-order valence-corrected chi connectivity index (χ1v) is 5.56. The lowest BCUT2D eigenvalue weighted by Gasteiger charge is -2.22. The number of halogens is 1. The molecule has 0 bridgehead atoms. The summed E-state index contributed by atoms with van der Waals surface area (Å²) < 4.78 is 5.51. The number of aromatic nitrogens is 2. The Bertz CT molecular complexity index is 315. The van der Waals surface area contributed by atoms with Crippen LogP contribution >= 0.6 is 11.6 Å².